The number of fused-ring (bicyclic) bond motifs is 1. The molecule has 0 saturated carbocycles. The monoisotopic (exact) mass is 354 g/mol. The van der Waals surface area contributed by atoms with Crippen molar-refractivity contribution in [2.75, 3.05) is 14.2 Å². The average molecular weight is 354 g/mol. The maximum atomic E-state index is 12.5. The molecule has 0 bridgehead atoms. The third kappa shape index (κ3) is 3.23. The average Bonchev–Trinajstić information content (AvgIpc) is 2.67. The summed E-state index contributed by atoms with van der Waals surface area (Å²) in [7, 11) is 2.93. The second kappa shape index (κ2) is 7.26. The first-order chi connectivity index (χ1) is 12.5. The molecule has 0 fully saturated rings. The van der Waals surface area contributed by atoms with Crippen LogP contribution in [0.5, 0.6) is 11.5 Å². The van der Waals surface area contributed by atoms with Gasteiger partial charge in [0.05, 0.1) is 25.1 Å². The summed E-state index contributed by atoms with van der Waals surface area (Å²) in [5, 5.41) is 0.476. The van der Waals surface area contributed by atoms with E-state index in [-0.39, 0.29) is 22.7 Å². The third-order valence-corrected chi connectivity index (χ3v) is 3.92. The van der Waals surface area contributed by atoms with E-state index >= 15 is 0 Å². The molecule has 0 spiro atoms. The van der Waals surface area contributed by atoms with Crippen molar-refractivity contribution >= 4 is 16.9 Å². The lowest BCUT2D eigenvalue weighted by atomic mass is 10.2. The molecule has 134 valence electrons. The van der Waals surface area contributed by atoms with Crippen LogP contribution >= 0.6 is 0 Å². The smallest absolute Gasteiger partial charge is 0.342 e. The minimum absolute atomic E-state index is 0.224. The Hall–Kier alpha value is -3.35. The molecule has 0 aliphatic rings. The van der Waals surface area contributed by atoms with Gasteiger partial charge in [-0.25, -0.2) is 9.78 Å². The lowest BCUT2D eigenvalue weighted by Crippen LogP contribution is -2.17. The van der Waals surface area contributed by atoms with Crippen molar-refractivity contribution in [3.05, 3.63) is 64.2 Å². The number of aromatic amines is 1. The van der Waals surface area contributed by atoms with Crippen LogP contribution in [0.15, 0.2) is 47.3 Å². The van der Waals surface area contributed by atoms with Crippen LogP contribution in [0.4, 0.5) is 0 Å². The zero-order valence-electron chi connectivity index (χ0n) is 14.6. The highest BCUT2D eigenvalue weighted by atomic mass is 16.5. The van der Waals surface area contributed by atoms with Gasteiger partial charge in [-0.05, 0) is 31.2 Å². The molecule has 0 unspecified atom stereocenters. The number of methoxy groups -OCH3 is 2. The summed E-state index contributed by atoms with van der Waals surface area (Å²) in [5.41, 5.74) is 0.474. The molecule has 0 amide bonds. The van der Waals surface area contributed by atoms with Crippen LogP contribution in [-0.4, -0.2) is 30.2 Å². The van der Waals surface area contributed by atoms with E-state index in [9.17, 15) is 9.59 Å². The molecule has 0 aliphatic heterocycles. The molecule has 3 rings (SSSR count). The molecule has 0 radical (unpaired) electrons. The second-order valence-corrected chi connectivity index (χ2v) is 5.56. The zero-order chi connectivity index (χ0) is 18.7. The van der Waals surface area contributed by atoms with Crippen molar-refractivity contribution in [1.82, 2.24) is 9.97 Å². The Morgan fingerprint density at radius 3 is 2.58 bits per heavy atom. The number of carbonyl (C=O) groups excluding carboxylic acids is 1. The standard InChI is InChI=1S/C19H18N2O5/c1-11(17-20-14-9-5-4-7-12(14)18(22)21-17)26-19(23)13-8-6-10-15(24-2)16(13)25-3/h4-11H,1-3H3,(H,20,21,22)/t11-/m1/s1. The number of hydrogen-bond donors (Lipinski definition) is 1. The van der Waals surface area contributed by atoms with Crippen LogP contribution in [0.2, 0.25) is 0 Å². The Balaban J connectivity index is 1.90. The summed E-state index contributed by atoms with van der Waals surface area (Å²) >= 11 is 0. The highest BCUT2D eigenvalue weighted by Crippen LogP contribution is 2.32. The fraction of sp³-hybridized carbons (Fsp3) is 0.211. The lowest BCUT2D eigenvalue weighted by molar-refractivity contribution is 0.0316. The van der Waals surface area contributed by atoms with Crippen molar-refractivity contribution in [2.45, 2.75) is 13.0 Å². The number of nitrogens with zero attached hydrogens (tertiary/aromatic N) is 1. The summed E-state index contributed by atoms with van der Waals surface area (Å²) in [4.78, 5) is 31.7. The van der Waals surface area contributed by atoms with E-state index in [1.54, 1.807) is 49.4 Å². The first-order valence-electron chi connectivity index (χ1n) is 7.96. The Morgan fingerprint density at radius 1 is 1.08 bits per heavy atom. The summed E-state index contributed by atoms with van der Waals surface area (Å²) in [6, 6.07) is 11.9. The van der Waals surface area contributed by atoms with Gasteiger partial charge in [0.1, 0.15) is 5.56 Å². The lowest BCUT2D eigenvalue weighted by Gasteiger charge is -2.15. The summed E-state index contributed by atoms with van der Waals surface area (Å²) in [5.74, 6) is 0.368. The topological polar surface area (TPSA) is 90.5 Å². The van der Waals surface area contributed by atoms with Gasteiger partial charge in [-0.1, -0.05) is 18.2 Å². The number of rotatable bonds is 5. The molecule has 0 aliphatic carbocycles. The highest BCUT2D eigenvalue weighted by Gasteiger charge is 2.21. The number of carbonyl (C=O) groups is 1. The van der Waals surface area contributed by atoms with Crippen molar-refractivity contribution < 1.29 is 19.0 Å². The SMILES string of the molecule is COc1cccc(C(=O)O[C@H](C)c2nc3ccccc3c(=O)[nH]2)c1OC. The number of ether oxygens (including phenoxy) is 3. The molecule has 1 aromatic heterocycles. The van der Waals surface area contributed by atoms with E-state index in [4.69, 9.17) is 14.2 Å². The van der Waals surface area contributed by atoms with Gasteiger partial charge in [0.15, 0.2) is 23.4 Å². The van der Waals surface area contributed by atoms with Crippen molar-refractivity contribution in [1.29, 1.82) is 0 Å². The van der Waals surface area contributed by atoms with E-state index in [1.165, 1.54) is 14.2 Å². The molecule has 2 aromatic carbocycles. The second-order valence-electron chi connectivity index (χ2n) is 5.56. The van der Waals surface area contributed by atoms with Crippen molar-refractivity contribution in [3.8, 4) is 11.5 Å². The zero-order valence-corrected chi connectivity index (χ0v) is 14.6. The Kier molecular flexibility index (Phi) is 4.88. The number of esters is 1. The van der Waals surface area contributed by atoms with E-state index in [0.29, 0.717) is 16.7 Å². The number of para-hydroxylation sites is 2. The van der Waals surface area contributed by atoms with E-state index in [0.717, 1.165) is 0 Å². The summed E-state index contributed by atoms with van der Waals surface area (Å²) < 4.78 is 15.9. The minimum atomic E-state index is -0.754. The number of hydrogen-bond acceptors (Lipinski definition) is 6. The largest absolute Gasteiger partial charge is 0.493 e. The number of benzene rings is 2. The highest BCUT2D eigenvalue weighted by molar-refractivity contribution is 5.93. The predicted molar refractivity (Wildman–Crippen MR) is 95.7 cm³/mol. The molecular weight excluding hydrogens is 336 g/mol. The maximum absolute atomic E-state index is 12.5. The Morgan fingerprint density at radius 2 is 1.85 bits per heavy atom. The number of aromatic nitrogens is 2. The Bertz CT molecular complexity index is 1010. The van der Waals surface area contributed by atoms with E-state index < -0.39 is 12.1 Å². The fourth-order valence-corrected chi connectivity index (χ4v) is 2.62. The van der Waals surface area contributed by atoms with Gasteiger partial charge in [0, 0.05) is 0 Å². The van der Waals surface area contributed by atoms with Gasteiger partial charge in [-0.3, -0.25) is 4.79 Å². The van der Waals surface area contributed by atoms with E-state index in [1.807, 2.05) is 0 Å². The normalized spacial score (nSPS) is 11.8. The van der Waals surface area contributed by atoms with Gasteiger partial charge in [-0.2, -0.15) is 0 Å². The first-order valence-corrected chi connectivity index (χ1v) is 7.96. The first kappa shape index (κ1) is 17.5. The number of nitrogens with one attached hydrogen (secondary N) is 1. The molecule has 0 saturated heterocycles. The Labute approximate surface area is 149 Å². The van der Waals surface area contributed by atoms with Crippen molar-refractivity contribution in [2.24, 2.45) is 0 Å². The maximum Gasteiger partial charge on any atom is 0.342 e. The van der Waals surface area contributed by atoms with Crippen LogP contribution in [0, 0.1) is 0 Å². The van der Waals surface area contributed by atoms with Crippen LogP contribution < -0.4 is 15.0 Å². The van der Waals surface area contributed by atoms with Crippen molar-refractivity contribution in [3.63, 3.8) is 0 Å². The molecular formula is C19H18N2O5. The minimum Gasteiger partial charge on any atom is -0.493 e. The molecule has 26 heavy (non-hydrogen) atoms. The molecule has 1 atom stereocenters. The van der Waals surface area contributed by atoms with Gasteiger partial charge < -0.3 is 19.2 Å². The van der Waals surface area contributed by atoms with Gasteiger partial charge >= 0.3 is 5.97 Å². The third-order valence-electron chi connectivity index (χ3n) is 3.92. The fourth-order valence-electron chi connectivity index (χ4n) is 2.62. The van der Waals surface area contributed by atoms with Crippen LogP contribution in [0.25, 0.3) is 10.9 Å². The summed E-state index contributed by atoms with van der Waals surface area (Å²) in [6.45, 7) is 1.64. The van der Waals surface area contributed by atoms with Crippen LogP contribution in [0.1, 0.15) is 29.2 Å². The van der Waals surface area contributed by atoms with Gasteiger partial charge in [-0.15, -0.1) is 0 Å². The quantitative estimate of drug-likeness (QED) is 0.709. The molecule has 1 N–H and O–H groups in total. The predicted octanol–water partition coefficient (Wildman–Crippen LogP) is 2.86. The molecule has 1 heterocycles. The van der Waals surface area contributed by atoms with Crippen LogP contribution in [-0.2, 0) is 4.74 Å². The van der Waals surface area contributed by atoms with E-state index in [2.05, 4.69) is 9.97 Å². The summed E-state index contributed by atoms with van der Waals surface area (Å²) in [6.07, 6.45) is -0.754. The molecule has 3 aromatic rings. The van der Waals surface area contributed by atoms with Crippen LogP contribution in [0.3, 0.4) is 0 Å². The molecule has 7 nitrogen and oxygen atoms in total. The van der Waals surface area contributed by atoms with Gasteiger partial charge in [0.2, 0.25) is 0 Å². The molecule has 7 heteroatoms. The van der Waals surface area contributed by atoms with Gasteiger partial charge in [0.25, 0.3) is 5.56 Å². The number of H-pyrrole nitrogens is 1.